The zero-order valence-electron chi connectivity index (χ0n) is 14.2. The third-order valence-electron chi connectivity index (χ3n) is 4.77. The highest BCUT2D eigenvalue weighted by Crippen LogP contribution is 2.19. The maximum Gasteiger partial charge on any atom is 0.150 e. The summed E-state index contributed by atoms with van der Waals surface area (Å²) in [6, 6.07) is 12.9. The molecule has 0 spiro atoms. The van der Waals surface area contributed by atoms with Crippen LogP contribution in [0.25, 0.3) is 0 Å². The highest BCUT2D eigenvalue weighted by atomic mass is 16.5. The number of aromatic nitrogens is 1. The Kier molecular flexibility index (Phi) is 5.47. The van der Waals surface area contributed by atoms with Crippen LogP contribution in [0.2, 0.25) is 0 Å². The van der Waals surface area contributed by atoms with E-state index in [0.29, 0.717) is 5.92 Å². The Morgan fingerprint density at radius 2 is 1.78 bits per heavy atom. The van der Waals surface area contributed by atoms with Gasteiger partial charge in [-0.1, -0.05) is 42.4 Å². The first-order chi connectivity index (χ1) is 11.2. The average molecular weight is 313 g/mol. The zero-order chi connectivity index (χ0) is 16.1. The predicted octanol–water partition coefficient (Wildman–Crippen LogP) is 3.29. The van der Waals surface area contributed by atoms with Gasteiger partial charge in [0.2, 0.25) is 0 Å². The Morgan fingerprint density at radius 3 is 2.43 bits per heavy atom. The molecule has 1 atom stereocenters. The summed E-state index contributed by atoms with van der Waals surface area (Å²) >= 11 is 0. The van der Waals surface area contributed by atoms with E-state index in [9.17, 15) is 0 Å². The number of piperazine rings is 1. The van der Waals surface area contributed by atoms with Gasteiger partial charge in [0, 0.05) is 32.2 Å². The van der Waals surface area contributed by atoms with Gasteiger partial charge in [0.25, 0.3) is 0 Å². The van der Waals surface area contributed by atoms with Gasteiger partial charge < -0.3 is 9.42 Å². The topological polar surface area (TPSA) is 32.5 Å². The van der Waals surface area contributed by atoms with Crippen LogP contribution in [0.5, 0.6) is 0 Å². The maximum atomic E-state index is 5.32. The molecule has 1 aliphatic heterocycles. The van der Waals surface area contributed by atoms with Crippen LogP contribution >= 0.6 is 0 Å². The van der Waals surface area contributed by atoms with Crippen LogP contribution in [0.1, 0.15) is 36.3 Å². The molecule has 0 saturated carbocycles. The van der Waals surface area contributed by atoms with Crippen molar-refractivity contribution in [3.8, 4) is 0 Å². The van der Waals surface area contributed by atoms with Crippen molar-refractivity contribution in [2.75, 3.05) is 32.7 Å². The van der Waals surface area contributed by atoms with Gasteiger partial charge in [-0.15, -0.1) is 0 Å². The molecule has 4 heteroatoms. The standard InChI is InChI=1S/C19H27N3O/c1-16(18-6-4-3-5-7-18)8-9-21-10-12-22(13-11-21)15-19-14-17(2)20-23-19/h3-7,14,16H,8-13,15H2,1-2H3. The van der Waals surface area contributed by atoms with Gasteiger partial charge in [-0.2, -0.15) is 0 Å². The fourth-order valence-corrected chi connectivity index (χ4v) is 3.21. The molecular formula is C19H27N3O. The molecule has 2 heterocycles. The molecule has 0 bridgehead atoms. The minimum atomic E-state index is 0.631. The summed E-state index contributed by atoms with van der Waals surface area (Å²) in [6.07, 6.45) is 1.23. The van der Waals surface area contributed by atoms with Crippen LogP contribution in [-0.4, -0.2) is 47.7 Å². The molecule has 124 valence electrons. The second kappa shape index (κ2) is 7.75. The van der Waals surface area contributed by atoms with Crippen molar-refractivity contribution >= 4 is 0 Å². The first kappa shape index (κ1) is 16.2. The van der Waals surface area contributed by atoms with Gasteiger partial charge in [-0.05, 0) is 31.4 Å². The van der Waals surface area contributed by atoms with Gasteiger partial charge in [-0.3, -0.25) is 4.90 Å². The van der Waals surface area contributed by atoms with Gasteiger partial charge in [0.05, 0.1) is 12.2 Å². The molecular weight excluding hydrogens is 286 g/mol. The Labute approximate surface area is 139 Å². The van der Waals surface area contributed by atoms with E-state index in [0.717, 1.165) is 44.2 Å². The van der Waals surface area contributed by atoms with E-state index in [1.165, 1.54) is 18.5 Å². The molecule has 0 N–H and O–H groups in total. The van der Waals surface area contributed by atoms with Crippen molar-refractivity contribution in [2.24, 2.45) is 0 Å². The molecule has 0 aliphatic carbocycles. The molecule has 1 aromatic heterocycles. The first-order valence-electron chi connectivity index (χ1n) is 8.62. The molecule has 23 heavy (non-hydrogen) atoms. The number of aryl methyl sites for hydroxylation is 1. The van der Waals surface area contributed by atoms with Crippen molar-refractivity contribution < 1.29 is 4.52 Å². The maximum absolute atomic E-state index is 5.32. The lowest BCUT2D eigenvalue weighted by atomic mass is 9.97. The SMILES string of the molecule is Cc1cc(CN2CCN(CCC(C)c3ccccc3)CC2)on1. The van der Waals surface area contributed by atoms with Gasteiger partial charge in [0.1, 0.15) is 0 Å². The first-order valence-corrected chi connectivity index (χ1v) is 8.62. The van der Waals surface area contributed by atoms with Crippen molar-refractivity contribution in [3.05, 3.63) is 53.4 Å². The molecule has 0 amide bonds. The number of hydrogen-bond donors (Lipinski definition) is 0. The lowest BCUT2D eigenvalue weighted by molar-refractivity contribution is 0.116. The van der Waals surface area contributed by atoms with Crippen LogP contribution in [0.3, 0.4) is 0 Å². The van der Waals surface area contributed by atoms with E-state index in [4.69, 9.17) is 4.52 Å². The summed E-state index contributed by atoms with van der Waals surface area (Å²) in [4.78, 5) is 5.04. The van der Waals surface area contributed by atoms with Crippen LogP contribution in [-0.2, 0) is 6.54 Å². The number of nitrogens with zero attached hydrogens (tertiary/aromatic N) is 3. The van der Waals surface area contributed by atoms with E-state index >= 15 is 0 Å². The lowest BCUT2D eigenvalue weighted by Gasteiger charge is -2.34. The van der Waals surface area contributed by atoms with E-state index in [1.54, 1.807) is 0 Å². The van der Waals surface area contributed by atoms with Crippen LogP contribution in [0.4, 0.5) is 0 Å². The average Bonchev–Trinajstić information content (AvgIpc) is 2.99. The third kappa shape index (κ3) is 4.66. The summed E-state index contributed by atoms with van der Waals surface area (Å²) < 4.78 is 5.32. The molecule has 2 aromatic rings. The normalized spacial score (nSPS) is 18.2. The van der Waals surface area contributed by atoms with E-state index in [-0.39, 0.29) is 0 Å². The second-order valence-electron chi connectivity index (χ2n) is 6.65. The summed E-state index contributed by atoms with van der Waals surface area (Å²) in [5, 5.41) is 3.96. The molecule has 1 saturated heterocycles. The molecule has 1 fully saturated rings. The van der Waals surface area contributed by atoms with Crippen molar-refractivity contribution in [3.63, 3.8) is 0 Å². The van der Waals surface area contributed by atoms with Crippen LogP contribution in [0.15, 0.2) is 40.9 Å². The smallest absolute Gasteiger partial charge is 0.150 e. The fraction of sp³-hybridized carbons (Fsp3) is 0.526. The van der Waals surface area contributed by atoms with Crippen molar-refractivity contribution in [1.29, 1.82) is 0 Å². The fourth-order valence-electron chi connectivity index (χ4n) is 3.21. The third-order valence-corrected chi connectivity index (χ3v) is 4.77. The molecule has 1 unspecified atom stereocenters. The van der Waals surface area contributed by atoms with E-state index < -0.39 is 0 Å². The monoisotopic (exact) mass is 313 g/mol. The van der Waals surface area contributed by atoms with Gasteiger partial charge in [0.15, 0.2) is 5.76 Å². The largest absolute Gasteiger partial charge is 0.360 e. The molecule has 4 nitrogen and oxygen atoms in total. The highest BCUT2D eigenvalue weighted by molar-refractivity contribution is 5.18. The molecule has 0 radical (unpaired) electrons. The van der Waals surface area contributed by atoms with Gasteiger partial charge >= 0.3 is 0 Å². The summed E-state index contributed by atoms with van der Waals surface area (Å²) in [5.74, 6) is 1.61. The number of benzene rings is 1. The second-order valence-corrected chi connectivity index (χ2v) is 6.65. The number of hydrogen-bond acceptors (Lipinski definition) is 4. The van der Waals surface area contributed by atoms with Crippen LogP contribution in [0, 0.1) is 6.92 Å². The Bertz CT molecular complexity index is 588. The van der Waals surface area contributed by atoms with Crippen molar-refractivity contribution in [1.82, 2.24) is 15.0 Å². The van der Waals surface area contributed by atoms with E-state index in [1.807, 2.05) is 13.0 Å². The zero-order valence-corrected chi connectivity index (χ0v) is 14.2. The van der Waals surface area contributed by atoms with Crippen LogP contribution < -0.4 is 0 Å². The Balaban J connectivity index is 1.39. The Morgan fingerprint density at radius 1 is 1.09 bits per heavy atom. The number of rotatable bonds is 6. The minimum Gasteiger partial charge on any atom is -0.360 e. The van der Waals surface area contributed by atoms with Gasteiger partial charge in [-0.25, -0.2) is 0 Å². The predicted molar refractivity (Wildman–Crippen MR) is 92.4 cm³/mol. The molecule has 3 rings (SSSR count). The quantitative estimate of drug-likeness (QED) is 0.819. The Hall–Kier alpha value is -1.65. The molecule has 1 aliphatic rings. The summed E-state index contributed by atoms with van der Waals surface area (Å²) in [6.45, 7) is 10.9. The summed E-state index contributed by atoms with van der Waals surface area (Å²) in [7, 11) is 0. The highest BCUT2D eigenvalue weighted by Gasteiger charge is 2.18. The molecule has 1 aromatic carbocycles. The van der Waals surface area contributed by atoms with E-state index in [2.05, 4.69) is 52.2 Å². The minimum absolute atomic E-state index is 0.631. The van der Waals surface area contributed by atoms with Crippen molar-refractivity contribution in [2.45, 2.75) is 32.7 Å². The lowest BCUT2D eigenvalue weighted by Crippen LogP contribution is -2.46. The summed E-state index contributed by atoms with van der Waals surface area (Å²) in [5.41, 5.74) is 2.42.